The minimum absolute atomic E-state index is 0.0163. The van der Waals surface area contributed by atoms with Crippen molar-refractivity contribution in [1.82, 2.24) is 0 Å². The van der Waals surface area contributed by atoms with Crippen LogP contribution in [0, 0.1) is 5.41 Å². The van der Waals surface area contributed by atoms with Crippen molar-refractivity contribution in [3.8, 4) is 11.5 Å². The summed E-state index contributed by atoms with van der Waals surface area (Å²) in [5.41, 5.74) is 5.84. The van der Waals surface area contributed by atoms with E-state index in [4.69, 9.17) is 15.2 Å². The van der Waals surface area contributed by atoms with E-state index in [0.29, 0.717) is 30.3 Å². The molecule has 1 aliphatic rings. The molecule has 0 spiro atoms. The van der Waals surface area contributed by atoms with Crippen LogP contribution in [-0.4, -0.2) is 25.5 Å². The Morgan fingerprint density at radius 1 is 1.39 bits per heavy atom. The zero-order valence-electron chi connectivity index (χ0n) is 10.5. The largest absolute Gasteiger partial charge is 0.489 e. The van der Waals surface area contributed by atoms with Gasteiger partial charge in [0.05, 0.1) is 24.2 Å². The molecular weight excluding hydrogens is 298 g/mol. The third-order valence-corrected chi connectivity index (χ3v) is 3.33. The highest BCUT2D eigenvalue weighted by Crippen LogP contribution is 2.40. The summed E-state index contributed by atoms with van der Waals surface area (Å²) >= 11 is 3.40. The molecule has 1 aromatic rings. The zero-order chi connectivity index (χ0) is 13.3. The molecule has 0 aliphatic carbocycles. The van der Waals surface area contributed by atoms with Gasteiger partial charge in [0.25, 0.3) is 0 Å². The molecule has 4 nitrogen and oxygen atoms in total. The second kappa shape index (κ2) is 4.90. The van der Waals surface area contributed by atoms with Crippen LogP contribution in [0.4, 0.5) is 0 Å². The van der Waals surface area contributed by atoms with Crippen molar-refractivity contribution in [2.24, 2.45) is 11.1 Å². The molecule has 98 valence electrons. The first-order valence-electron chi connectivity index (χ1n) is 5.75. The molecule has 1 heterocycles. The number of nitrogens with two attached hydrogens (primary N) is 1. The zero-order valence-corrected chi connectivity index (χ0v) is 12.0. The van der Waals surface area contributed by atoms with Gasteiger partial charge in [-0.25, -0.2) is 0 Å². The molecule has 2 N–H and O–H groups in total. The van der Waals surface area contributed by atoms with Crippen LogP contribution in [-0.2, 0) is 0 Å². The summed E-state index contributed by atoms with van der Waals surface area (Å²) in [6.07, 6.45) is 0. The first kappa shape index (κ1) is 13.4. The van der Waals surface area contributed by atoms with E-state index in [9.17, 15) is 4.79 Å². The standard InChI is InChI=1S/C13H16BrNO3/c1-13(2)6-17-11-4-8(10(16)5-15)3-9(14)12(11)18-7-13/h3-4H,5-7,15H2,1-2H3. The van der Waals surface area contributed by atoms with Crippen molar-refractivity contribution in [3.63, 3.8) is 0 Å². The molecule has 0 saturated heterocycles. The van der Waals surface area contributed by atoms with Crippen LogP contribution in [0.25, 0.3) is 0 Å². The van der Waals surface area contributed by atoms with Gasteiger partial charge in [0.15, 0.2) is 17.3 Å². The number of ether oxygens (including phenoxy) is 2. The number of hydrogen-bond acceptors (Lipinski definition) is 4. The quantitative estimate of drug-likeness (QED) is 0.852. The molecule has 18 heavy (non-hydrogen) atoms. The number of halogens is 1. The van der Waals surface area contributed by atoms with Crippen LogP contribution < -0.4 is 15.2 Å². The second-order valence-corrected chi connectivity index (χ2v) is 6.01. The van der Waals surface area contributed by atoms with Gasteiger partial charge in [-0.1, -0.05) is 13.8 Å². The Balaban J connectivity index is 2.40. The predicted molar refractivity (Wildman–Crippen MR) is 72.3 cm³/mol. The van der Waals surface area contributed by atoms with E-state index in [1.807, 2.05) is 0 Å². The molecule has 0 unspecified atom stereocenters. The molecule has 0 radical (unpaired) electrons. The molecule has 0 fully saturated rings. The second-order valence-electron chi connectivity index (χ2n) is 5.15. The third-order valence-electron chi connectivity index (χ3n) is 2.74. The van der Waals surface area contributed by atoms with Gasteiger partial charge in [0, 0.05) is 11.0 Å². The molecule has 1 aromatic carbocycles. The average Bonchev–Trinajstić information content (AvgIpc) is 2.48. The van der Waals surface area contributed by atoms with Gasteiger partial charge < -0.3 is 15.2 Å². The molecule has 1 aliphatic heterocycles. The Hall–Kier alpha value is -1.07. The summed E-state index contributed by atoms with van der Waals surface area (Å²) < 4.78 is 12.2. The first-order valence-corrected chi connectivity index (χ1v) is 6.55. The fourth-order valence-corrected chi connectivity index (χ4v) is 2.23. The highest BCUT2D eigenvalue weighted by Gasteiger charge is 2.27. The van der Waals surface area contributed by atoms with Gasteiger partial charge in [0.1, 0.15) is 0 Å². The third kappa shape index (κ3) is 2.67. The minimum atomic E-state index is -0.120. The van der Waals surface area contributed by atoms with Gasteiger partial charge in [-0.2, -0.15) is 0 Å². The number of hydrogen-bond donors (Lipinski definition) is 1. The summed E-state index contributed by atoms with van der Waals surface area (Å²) in [7, 11) is 0. The van der Waals surface area contributed by atoms with Gasteiger partial charge in [-0.15, -0.1) is 0 Å². The molecule has 5 heteroatoms. The average molecular weight is 314 g/mol. The number of carbonyl (C=O) groups is 1. The van der Waals surface area contributed by atoms with Crippen molar-refractivity contribution in [1.29, 1.82) is 0 Å². The van der Waals surface area contributed by atoms with Crippen molar-refractivity contribution < 1.29 is 14.3 Å². The van der Waals surface area contributed by atoms with Crippen LogP contribution in [0.15, 0.2) is 16.6 Å². The smallest absolute Gasteiger partial charge is 0.176 e. The number of rotatable bonds is 2. The summed E-state index contributed by atoms with van der Waals surface area (Å²) in [6.45, 7) is 5.24. The molecule has 0 aromatic heterocycles. The van der Waals surface area contributed by atoms with Crippen molar-refractivity contribution in [3.05, 3.63) is 22.2 Å². The number of carbonyl (C=O) groups excluding carboxylic acids is 1. The Kier molecular flexibility index (Phi) is 3.64. The maximum absolute atomic E-state index is 11.6. The summed E-state index contributed by atoms with van der Waals surface area (Å²) in [6, 6.07) is 3.41. The lowest BCUT2D eigenvalue weighted by Gasteiger charge is -2.19. The Labute approximate surface area is 115 Å². The van der Waals surface area contributed by atoms with Crippen LogP contribution in [0.1, 0.15) is 24.2 Å². The van der Waals surface area contributed by atoms with E-state index in [2.05, 4.69) is 29.8 Å². The molecular formula is C13H16BrNO3. The van der Waals surface area contributed by atoms with Crippen molar-refractivity contribution in [2.45, 2.75) is 13.8 Å². The van der Waals surface area contributed by atoms with Crippen LogP contribution in [0.3, 0.4) is 0 Å². The lowest BCUT2D eigenvalue weighted by atomic mass is 9.97. The molecule has 2 rings (SSSR count). The Bertz CT molecular complexity index is 485. The SMILES string of the molecule is CC1(C)COc2cc(C(=O)CN)cc(Br)c2OC1. The fourth-order valence-electron chi connectivity index (χ4n) is 1.68. The number of Topliss-reactive ketones (excluding diaryl/α,β-unsaturated/α-hetero) is 1. The number of ketones is 1. The predicted octanol–water partition coefficient (Wildman–Crippen LogP) is 2.39. The summed E-state index contributed by atoms with van der Waals surface area (Å²) in [5.74, 6) is 1.12. The summed E-state index contributed by atoms with van der Waals surface area (Å²) in [5, 5.41) is 0. The summed E-state index contributed by atoms with van der Waals surface area (Å²) in [4.78, 5) is 11.6. The lowest BCUT2D eigenvalue weighted by Crippen LogP contribution is -2.26. The van der Waals surface area contributed by atoms with E-state index in [1.165, 1.54) is 0 Å². The van der Waals surface area contributed by atoms with Gasteiger partial charge in [-0.3, -0.25) is 4.79 Å². The highest BCUT2D eigenvalue weighted by atomic mass is 79.9. The van der Waals surface area contributed by atoms with E-state index < -0.39 is 0 Å². The number of benzene rings is 1. The van der Waals surface area contributed by atoms with Crippen molar-refractivity contribution in [2.75, 3.05) is 19.8 Å². The molecule has 0 atom stereocenters. The lowest BCUT2D eigenvalue weighted by molar-refractivity contribution is 0.100. The van der Waals surface area contributed by atoms with Crippen LogP contribution >= 0.6 is 15.9 Å². The molecule has 0 amide bonds. The van der Waals surface area contributed by atoms with Gasteiger partial charge >= 0.3 is 0 Å². The van der Waals surface area contributed by atoms with E-state index >= 15 is 0 Å². The van der Waals surface area contributed by atoms with Gasteiger partial charge in [-0.05, 0) is 28.1 Å². The Morgan fingerprint density at radius 3 is 2.72 bits per heavy atom. The normalized spacial score (nSPS) is 17.1. The Morgan fingerprint density at radius 2 is 2.06 bits per heavy atom. The molecule has 0 bridgehead atoms. The van der Waals surface area contributed by atoms with E-state index in [-0.39, 0.29) is 17.7 Å². The number of fused-ring (bicyclic) bond motifs is 1. The molecule has 0 saturated carbocycles. The first-order chi connectivity index (χ1) is 8.43. The van der Waals surface area contributed by atoms with Crippen molar-refractivity contribution >= 4 is 21.7 Å². The van der Waals surface area contributed by atoms with Crippen LogP contribution in [0.2, 0.25) is 0 Å². The maximum atomic E-state index is 11.6. The minimum Gasteiger partial charge on any atom is -0.489 e. The van der Waals surface area contributed by atoms with E-state index in [1.54, 1.807) is 12.1 Å². The van der Waals surface area contributed by atoms with Gasteiger partial charge in [0.2, 0.25) is 0 Å². The topological polar surface area (TPSA) is 61.5 Å². The fraction of sp³-hybridized carbons (Fsp3) is 0.462. The van der Waals surface area contributed by atoms with E-state index in [0.717, 1.165) is 4.47 Å². The maximum Gasteiger partial charge on any atom is 0.176 e. The van der Waals surface area contributed by atoms with Crippen LogP contribution in [0.5, 0.6) is 11.5 Å². The highest BCUT2D eigenvalue weighted by molar-refractivity contribution is 9.10. The monoisotopic (exact) mass is 313 g/mol.